The second-order valence-corrected chi connectivity index (χ2v) is 4.41. The number of hydrogen-bond donors (Lipinski definition) is 1. The van der Waals surface area contributed by atoms with Gasteiger partial charge in [0.1, 0.15) is 5.75 Å². The van der Waals surface area contributed by atoms with Crippen LogP contribution in [0.2, 0.25) is 0 Å². The number of Topliss-reactive ketones (excluding diaryl/α,β-unsaturated/α-hetero) is 1. The molecule has 1 heterocycles. The van der Waals surface area contributed by atoms with Crippen molar-refractivity contribution in [3.63, 3.8) is 0 Å². The molecule has 0 fully saturated rings. The van der Waals surface area contributed by atoms with Gasteiger partial charge >= 0.3 is 0 Å². The molecule has 5 heteroatoms. The SMILES string of the molecule is COc1ccc(Br)cc1CC(=O)c1ncc[nH]1. The molecule has 2 rings (SSSR count). The van der Waals surface area contributed by atoms with Crippen molar-refractivity contribution in [2.24, 2.45) is 0 Å². The van der Waals surface area contributed by atoms with Gasteiger partial charge in [-0.1, -0.05) is 15.9 Å². The first-order chi connectivity index (χ1) is 8.20. The molecular weight excluding hydrogens is 284 g/mol. The largest absolute Gasteiger partial charge is 0.496 e. The lowest BCUT2D eigenvalue weighted by atomic mass is 10.1. The highest BCUT2D eigenvalue weighted by Crippen LogP contribution is 2.24. The van der Waals surface area contributed by atoms with Gasteiger partial charge < -0.3 is 9.72 Å². The quantitative estimate of drug-likeness (QED) is 0.882. The molecule has 0 aliphatic rings. The summed E-state index contributed by atoms with van der Waals surface area (Å²) in [6.45, 7) is 0. The molecule has 0 aliphatic heterocycles. The first-order valence-electron chi connectivity index (χ1n) is 5.05. The Balaban J connectivity index is 2.23. The summed E-state index contributed by atoms with van der Waals surface area (Å²) in [4.78, 5) is 18.6. The van der Waals surface area contributed by atoms with E-state index in [0.717, 1.165) is 10.0 Å². The number of ether oxygens (including phenoxy) is 1. The molecule has 88 valence electrons. The summed E-state index contributed by atoms with van der Waals surface area (Å²) in [6, 6.07) is 5.58. The fraction of sp³-hybridized carbons (Fsp3) is 0.167. The van der Waals surface area contributed by atoms with Crippen molar-refractivity contribution in [1.29, 1.82) is 0 Å². The number of rotatable bonds is 4. The number of nitrogens with one attached hydrogen (secondary N) is 1. The monoisotopic (exact) mass is 294 g/mol. The number of methoxy groups -OCH3 is 1. The fourth-order valence-electron chi connectivity index (χ4n) is 1.56. The Morgan fingerprint density at radius 1 is 1.53 bits per heavy atom. The van der Waals surface area contributed by atoms with Crippen molar-refractivity contribution >= 4 is 21.7 Å². The molecule has 0 unspecified atom stereocenters. The van der Waals surface area contributed by atoms with Gasteiger partial charge in [0, 0.05) is 28.9 Å². The Labute approximate surface area is 107 Å². The van der Waals surface area contributed by atoms with Crippen LogP contribution in [-0.4, -0.2) is 22.9 Å². The standard InChI is InChI=1S/C12H11BrN2O2/c1-17-11-3-2-9(13)6-8(11)7-10(16)12-14-4-5-15-12/h2-6H,7H2,1H3,(H,14,15). The van der Waals surface area contributed by atoms with Crippen LogP contribution in [0.15, 0.2) is 35.1 Å². The van der Waals surface area contributed by atoms with E-state index >= 15 is 0 Å². The van der Waals surface area contributed by atoms with Crippen molar-refractivity contribution in [2.75, 3.05) is 7.11 Å². The molecule has 1 aromatic heterocycles. The fourth-order valence-corrected chi connectivity index (χ4v) is 1.97. The topological polar surface area (TPSA) is 55.0 Å². The van der Waals surface area contributed by atoms with Crippen molar-refractivity contribution in [2.45, 2.75) is 6.42 Å². The number of hydrogen-bond acceptors (Lipinski definition) is 3. The maximum atomic E-state index is 11.9. The number of ketones is 1. The van der Waals surface area contributed by atoms with Crippen LogP contribution in [0.3, 0.4) is 0 Å². The Hall–Kier alpha value is -1.62. The molecule has 17 heavy (non-hydrogen) atoms. The van der Waals surface area contributed by atoms with E-state index in [0.29, 0.717) is 11.6 Å². The smallest absolute Gasteiger partial charge is 0.202 e. The maximum absolute atomic E-state index is 11.9. The Morgan fingerprint density at radius 2 is 2.35 bits per heavy atom. The molecule has 0 spiro atoms. The molecular formula is C12H11BrN2O2. The molecule has 1 aromatic carbocycles. The predicted octanol–water partition coefficient (Wildman–Crippen LogP) is 2.61. The van der Waals surface area contributed by atoms with E-state index in [4.69, 9.17) is 4.74 Å². The first kappa shape index (κ1) is 11.9. The minimum absolute atomic E-state index is 0.0635. The molecule has 0 atom stereocenters. The molecule has 0 aliphatic carbocycles. The lowest BCUT2D eigenvalue weighted by molar-refractivity contribution is 0.0983. The zero-order valence-electron chi connectivity index (χ0n) is 9.24. The van der Waals surface area contributed by atoms with Gasteiger partial charge in [-0.15, -0.1) is 0 Å². The van der Waals surface area contributed by atoms with E-state index in [1.165, 1.54) is 0 Å². The van der Waals surface area contributed by atoms with Crippen LogP contribution in [0, 0.1) is 0 Å². The highest BCUT2D eigenvalue weighted by molar-refractivity contribution is 9.10. The van der Waals surface area contributed by atoms with Gasteiger partial charge in [-0.2, -0.15) is 0 Å². The molecule has 0 radical (unpaired) electrons. The average Bonchev–Trinajstić information content (AvgIpc) is 2.83. The highest BCUT2D eigenvalue weighted by atomic mass is 79.9. The summed E-state index contributed by atoms with van der Waals surface area (Å²) < 4.78 is 6.13. The molecule has 0 bridgehead atoms. The average molecular weight is 295 g/mol. The van der Waals surface area contributed by atoms with Crippen LogP contribution in [0.25, 0.3) is 0 Å². The van der Waals surface area contributed by atoms with E-state index in [2.05, 4.69) is 25.9 Å². The zero-order valence-corrected chi connectivity index (χ0v) is 10.8. The lowest BCUT2D eigenvalue weighted by Crippen LogP contribution is -2.06. The van der Waals surface area contributed by atoms with Crippen LogP contribution >= 0.6 is 15.9 Å². The molecule has 1 N–H and O–H groups in total. The van der Waals surface area contributed by atoms with E-state index in [9.17, 15) is 4.79 Å². The predicted molar refractivity (Wildman–Crippen MR) is 67.3 cm³/mol. The van der Waals surface area contributed by atoms with Gasteiger partial charge in [0.15, 0.2) is 5.82 Å². The van der Waals surface area contributed by atoms with E-state index in [1.54, 1.807) is 19.5 Å². The van der Waals surface area contributed by atoms with Gasteiger partial charge in [-0.05, 0) is 18.2 Å². The Kier molecular flexibility index (Phi) is 3.58. The van der Waals surface area contributed by atoms with Crippen molar-refractivity contribution < 1.29 is 9.53 Å². The number of halogens is 1. The van der Waals surface area contributed by atoms with Gasteiger partial charge in [-0.25, -0.2) is 4.98 Å². The maximum Gasteiger partial charge on any atom is 0.202 e. The molecule has 0 saturated heterocycles. The number of carbonyl (C=O) groups excluding carboxylic acids is 1. The third-order valence-corrected chi connectivity index (χ3v) is 2.85. The van der Waals surface area contributed by atoms with Crippen LogP contribution in [0.1, 0.15) is 16.2 Å². The molecule has 4 nitrogen and oxygen atoms in total. The summed E-state index contributed by atoms with van der Waals surface area (Å²) in [6.07, 6.45) is 3.45. The Morgan fingerprint density at radius 3 is 3.00 bits per heavy atom. The van der Waals surface area contributed by atoms with Gasteiger partial charge in [0.05, 0.1) is 7.11 Å². The summed E-state index contributed by atoms with van der Waals surface area (Å²) in [5.41, 5.74) is 0.836. The van der Waals surface area contributed by atoms with Crippen molar-refractivity contribution in [3.8, 4) is 5.75 Å². The number of nitrogens with zero attached hydrogens (tertiary/aromatic N) is 1. The summed E-state index contributed by atoms with van der Waals surface area (Å²) in [7, 11) is 1.59. The van der Waals surface area contributed by atoms with E-state index < -0.39 is 0 Å². The van der Waals surface area contributed by atoms with E-state index in [1.807, 2.05) is 18.2 Å². The summed E-state index contributed by atoms with van der Waals surface area (Å²) in [5.74, 6) is 1.01. The molecule has 2 aromatic rings. The molecule has 0 amide bonds. The number of carbonyl (C=O) groups is 1. The first-order valence-corrected chi connectivity index (χ1v) is 5.85. The van der Waals surface area contributed by atoms with Crippen LogP contribution in [0.4, 0.5) is 0 Å². The third kappa shape index (κ3) is 2.74. The number of aromatic amines is 1. The summed E-state index contributed by atoms with van der Waals surface area (Å²) >= 11 is 3.37. The van der Waals surface area contributed by atoms with Gasteiger partial charge in [0.25, 0.3) is 0 Å². The lowest BCUT2D eigenvalue weighted by Gasteiger charge is -2.07. The second-order valence-electron chi connectivity index (χ2n) is 3.49. The number of aromatic nitrogens is 2. The van der Waals surface area contributed by atoms with Crippen LogP contribution in [0.5, 0.6) is 5.75 Å². The van der Waals surface area contributed by atoms with Crippen molar-refractivity contribution in [3.05, 3.63) is 46.5 Å². The third-order valence-electron chi connectivity index (χ3n) is 2.36. The van der Waals surface area contributed by atoms with Crippen LogP contribution in [-0.2, 0) is 6.42 Å². The normalized spacial score (nSPS) is 10.2. The number of imidazole rings is 1. The number of H-pyrrole nitrogens is 1. The number of benzene rings is 1. The van der Waals surface area contributed by atoms with Crippen molar-refractivity contribution in [1.82, 2.24) is 9.97 Å². The zero-order chi connectivity index (χ0) is 12.3. The van der Waals surface area contributed by atoms with Crippen LogP contribution < -0.4 is 4.74 Å². The Bertz CT molecular complexity index is 523. The minimum atomic E-state index is -0.0635. The summed E-state index contributed by atoms with van der Waals surface area (Å²) in [5, 5.41) is 0. The minimum Gasteiger partial charge on any atom is -0.496 e. The molecule has 0 saturated carbocycles. The highest BCUT2D eigenvalue weighted by Gasteiger charge is 2.12. The van der Waals surface area contributed by atoms with Gasteiger partial charge in [0.2, 0.25) is 5.78 Å². The second kappa shape index (κ2) is 5.14. The van der Waals surface area contributed by atoms with Gasteiger partial charge in [-0.3, -0.25) is 4.79 Å². The van der Waals surface area contributed by atoms with E-state index in [-0.39, 0.29) is 12.2 Å².